The molecule has 82 valence electrons. The van der Waals surface area contributed by atoms with Gasteiger partial charge in [0.15, 0.2) is 0 Å². The zero-order chi connectivity index (χ0) is 11.5. The number of methoxy groups -OCH3 is 1. The van der Waals surface area contributed by atoms with Crippen molar-refractivity contribution in [2.45, 2.75) is 0 Å². The van der Waals surface area contributed by atoms with Crippen molar-refractivity contribution in [2.24, 2.45) is 0 Å². The van der Waals surface area contributed by atoms with E-state index in [1.165, 1.54) is 25.6 Å². The van der Waals surface area contributed by atoms with Gasteiger partial charge in [-0.3, -0.25) is 0 Å². The van der Waals surface area contributed by atoms with Crippen LogP contribution < -0.4 is 10.5 Å². The zero-order valence-corrected chi connectivity index (χ0v) is 8.64. The molecule has 0 atom stereocenters. The lowest BCUT2D eigenvalue weighted by molar-refractivity contribution is 0.398. The Bertz CT molecular complexity index is 516. The van der Waals surface area contributed by atoms with Crippen LogP contribution in [0.5, 0.6) is 5.88 Å². The molecule has 0 amide bonds. The fraction of sp³-hybridized carbons (Fsp3) is 0.0909. The van der Waals surface area contributed by atoms with Gasteiger partial charge in [-0.2, -0.15) is 0 Å². The van der Waals surface area contributed by atoms with Gasteiger partial charge in [0.25, 0.3) is 0 Å². The summed E-state index contributed by atoms with van der Waals surface area (Å²) in [6.45, 7) is 0. The van der Waals surface area contributed by atoms with Gasteiger partial charge in [0.05, 0.1) is 12.8 Å². The fourth-order valence-electron chi connectivity index (χ4n) is 1.40. The molecule has 0 saturated heterocycles. The van der Waals surface area contributed by atoms with Crippen molar-refractivity contribution in [1.29, 1.82) is 0 Å². The minimum absolute atomic E-state index is 0.0429. The second-order valence-corrected chi connectivity index (χ2v) is 3.12. The Morgan fingerprint density at radius 1 is 1.25 bits per heavy atom. The first-order valence-electron chi connectivity index (χ1n) is 4.63. The van der Waals surface area contributed by atoms with Crippen LogP contribution in [0.25, 0.3) is 11.3 Å². The van der Waals surface area contributed by atoms with Gasteiger partial charge >= 0.3 is 0 Å². The number of hydrogen-bond acceptors (Lipinski definition) is 4. The van der Waals surface area contributed by atoms with Crippen LogP contribution in [-0.2, 0) is 0 Å². The maximum absolute atomic E-state index is 13.3. The molecule has 0 saturated carbocycles. The highest BCUT2D eigenvalue weighted by Gasteiger charge is 2.13. The summed E-state index contributed by atoms with van der Waals surface area (Å²) in [7, 11) is 1.48. The molecule has 0 bridgehead atoms. The summed E-state index contributed by atoms with van der Waals surface area (Å²) in [6.07, 6.45) is 3.00. The molecule has 2 rings (SSSR count). The number of ether oxygens (including phenoxy) is 1. The highest BCUT2D eigenvalue weighted by molar-refractivity contribution is 5.76. The molecule has 0 aliphatic heterocycles. The SMILES string of the molecule is COc1nccnc1-c1cccc(F)c1N. The normalized spacial score (nSPS) is 10.1. The lowest BCUT2D eigenvalue weighted by Gasteiger charge is -2.08. The predicted octanol–water partition coefficient (Wildman–Crippen LogP) is 1.87. The third kappa shape index (κ3) is 1.67. The third-order valence-electron chi connectivity index (χ3n) is 2.17. The molecule has 0 radical (unpaired) electrons. The van der Waals surface area contributed by atoms with Gasteiger partial charge in [0.1, 0.15) is 11.5 Å². The number of halogens is 1. The van der Waals surface area contributed by atoms with E-state index >= 15 is 0 Å². The monoisotopic (exact) mass is 219 g/mol. The van der Waals surface area contributed by atoms with E-state index in [2.05, 4.69) is 9.97 Å². The molecule has 2 aromatic rings. The highest BCUT2D eigenvalue weighted by Crippen LogP contribution is 2.31. The average molecular weight is 219 g/mol. The predicted molar refractivity (Wildman–Crippen MR) is 58.4 cm³/mol. The van der Waals surface area contributed by atoms with Gasteiger partial charge in [-0.15, -0.1) is 0 Å². The summed E-state index contributed by atoms with van der Waals surface area (Å²) in [6, 6.07) is 4.53. The van der Waals surface area contributed by atoms with Gasteiger partial charge in [-0.1, -0.05) is 12.1 Å². The van der Waals surface area contributed by atoms with Crippen LogP contribution in [0.4, 0.5) is 10.1 Å². The minimum Gasteiger partial charge on any atom is -0.479 e. The van der Waals surface area contributed by atoms with Crippen LogP contribution in [-0.4, -0.2) is 17.1 Å². The molecule has 1 heterocycles. The van der Waals surface area contributed by atoms with Crippen LogP contribution in [0.1, 0.15) is 0 Å². The number of benzene rings is 1. The second kappa shape index (κ2) is 4.14. The molecule has 1 aromatic heterocycles. The lowest BCUT2D eigenvalue weighted by Crippen LogP contribution is -1.99. The molecule has 16 heavy (non-hydrogen) atoms. The molecule has 0 aliphatic carbocycles. The Morgan fingerprint density at radius 2 is 2.00 bits per heavy atom. The highest BCUT2D eigenvalue weighted by atomic mass is 19.1. The Morgan fingerprint density at radius 3 is 2.75 bits per heavy atom. The van der Waals surface area contributed by atoms with E-state index in [0.29, 0.717) is 17.1 Å². The van der Waals surface area contributed by atoms with Crippen LogP contribution in [0.15, 0.2) is 30.6 Å². The summed E-state index contributed by atoms with van der Waals surface area (Å²) < 4.78 is 18.3. The molecular weight excluding hydrogens is 209 g/mol. The van der Waals surface area contributed by atoms with Crippen molar-refractivity contribution in [3.63, 3.8) is 0 Å². The van der Waals surface area contributed by atoms with E-state index in [1.807, 2.05) is 0 Å². The van der Waals surface area contributed by atoms with E-state index in [-0.39, 0.29) is 5.69 Å². The second-order valence-electron chi connectivity index (χ2n) is 3.12. The maximum atomic E-state index is 13.3. The van der Waals surface area contributed by atoms with Crippen molar-refractivity contribution in [1.82, 2.24) is 9.97 Å². The molecule has 1 aromatic carbocycles. The molecule has 2 N–H and O–H groups in total. The van der Waals surface area contributed by atoms with E-state index in [9.17, 15) is 4.39 Å². The van der Waals surface area contributed by atoms with Crippen molar-refractivity contribution in [3.8, 4) is 17.1 Å². The van der Waals surface area contributed by atoms with Gasteiger partial charge < -0.3 is 10.5 Å². The quantitative estimate of drug-likeness (QED) is 0.783. The van der Waals surface area contributed by atoms with Crippen molar-refractivity contribution >= 4 is 5.69 Å². The number of para-hydroxylation sites is 1. The third-order valence-corrected chi connectivity index (χ3v) is 2.17. The summed E-state index contributed by atoms with van der Waals surface area (Å²) in [5.74, 6) is -0.162. The van der Waals surface area contributed by atoms with E-state index in [1.54, 1.807) is 12.1 Å². The number of nitrogens with two attached hydrogens (primary N) is 1. The standard InChI is InChI=1S/C11H10FN3O/c1-16-11-10(14-5-6-15-11)7-3-2-4-8(12)9(7)13/h2-6H,13H2,1H3. The Hall–Kier alpha value is -2.17. The van der Waals surface area contributed by atoms with Gasteiger partial charge in [-0.05, 0) is 6.07 Å². The molecule has 0 spiro atoms. The Balaban J connectivity index is 2.63. The van der Waals surface area contributed by atoms with E-state index in [0.717, 1.165) is 0 Å². The summed E-state index contributed by atoms with van der Waals surface area (Å²) >= 11 is 0. The van der Waals surface area contributed by atoms with Crippen LogP contribution in [0, 0.1) is 5.82 Å². The number of nitrogens with zero attached hydrogens (tertiary/aromatic N) is 2. The fourth-order valence-corrected chi connectivity index (χ4v) is 1.40. The first-order valence-corrected chi connectivity index (χ1v) is 4.63. The number of rotatable bonds is 2. The lowest BCUT2D eigenvalue weighted by atomic mass is 10.1. The largest absolute Gasteiger partial charge is 0.479 e. The van der Waals surface area contributed by atoms with Crippen LogP contribution >= 0.6 is 0 Å². The number of anilines is 1. The molecule has 5 heteroatoms. The molecule has 0 unspecified atom stereocenters. The smallest absolute Gasteiger partial charge is 0.240 e. The van der Waals surface area contributed by atoms with Crippen molar-refractivity contribution in [2.75, 3.05) is 12.8 Å². The molecule has 0 fully saturated rings. The maximum Gasteiger partial charge on any atom is 0.240 e. The zero-order valence-electron chi connectivity index (χ0n) is 8.64. The first kappa shape index (κ1) is 10.4. The minimum atomic E-state index is -0.481. The summed E-state index contributed by atoms with van der Waals surface area (Å²) in [5.41, 5.74) is 6.59. The number of nitrogen functional groups attached to an aromatic ring is 1. The summed E-state index contributed by atoms with van der Waals surface area (Å²) in [5, 5.41) is 0. The van der Waals surface area contributed by atoms with Gasteiger partial charge in [0.2, 0.25) is 5.88 Å². The van der Waals surface area contributed by atoms with E-state index in [4.69, 9.17) is 10.5 Å². The number of aromatic nitrogens is 2. The van der Waals surface area contributed by atoms with Crippen LogP contribution in [0.2, 0.25) is 0 Å². The van der Waals surface area contributed by atoms with Crippen molar-refractivity contribution < 1.29 is 9.13 Å². The summed E-state index contributed by atoms with van der Waals surface area (Å²) in [4.78, 5) is 8.07. The molecule has 0 aliphatic rings. The van der Waals surface area contributed by atoms with E-state index < -0.39 is 5.82 Å². The van der Waals surface area contributed by atoms with Crippen LogP contribution in [0.3, 0.4) is 0 Å². The Kier molecular flexibility index (Phi) is 2.68. The average Bonchev–Trinajstić information content (AvgIpc) is 2.33. The topological polar surface area (TPSA) is 61.0 Å². The number of hydrogen-bond donors (Lipinski definition) is 1. The first-order chi connectivity index (χ1) is 7.74. The molecule has 4 nitrogen and oxygen atoms in total. The van der Waals surface area contributed by atoms with Gasteiger partial charge in [0, 0.05) is 18.0 Å². The molecular formula is C11H10FN3O. The van der Waals surface area contributed by atoms with Crippen molar-refractivity contribution in [3.05, 3.63) is 36.4 Å². The van der Waals surface area contributed by atoms with Gasteiger partial charge in [-0.25, -0.2) is 14.4 Å². The Labute approximate surface area is 91.9 Å².